The number of aliphatic hydroxyl groups is 1. The molecule has 1 amide bonds. The lowest BCUT2D eigenvalue weighted by atomic mass is 9.72. The summed E-state index contributed by atoms with van der Waals surface area (Å²) >= 11 is 1.44. The number of amides is 1. The zero-order valence-corrected chi connectivity index (χ0v) is 28.4. The molecule has 4 N–H and O–H groups in total. The van der Waals surface area contributed by atoms with Crippen molar-refractivity contribution in [2.24, 2.45) is 0 Å². The van der Waals surface area contributed by atoms with E-state index in [0.29, 0.717) is 19.6 Å². The van der Waals surface area contributed by atoms with Crippen molar-refractivity contribution in [3.05, 3.63) is 51.6 Å². The molecule has 3 heterocycles. The van der Waals surface area contributed by atoms with Crippen molar-refractivity contribution >= 4 is 29.2 Å². The van der Waals surface area contributed by atoms with E-state index in [-0.39, 0.29) is 52.4 Å². The van der Waals surface area contributed by atoms with Crippen LogP contribution < -0.4 is 10.1 Å². The predicted molar refractivity (Wildman–Crippen MR) is 173 cm³/mol. The number of hydrogen-bond donors (Lipinski definition) is 4. The highest BCUT2D eigenvalue weighted by atomic mass is 32.2. The van der Waals surface area contributed by atoms with Crippen LogP contribution in [0.3, 0.4) is 0 Å². The first kappa shape index (κ1) is 34.2. The third-order valence-corrected chi connectivity index (χ3v) is 10.9. The first-order valence-electron chi connectivity index (χ1n) is 16.3. The molecule has 7 rings (SSSR count). The van der Waals surface area contributed by atoms with E-state index in [1.165, 1.54) is 31.0 Å². The number of thioether (sulfide) groups is 1. The summed E-state index contributed by atoms with van der Waals surface area (Å²) in [5.41, 5.74) is -3.02. The number of fused-ring (bicyclic) bond motifs is 6. The summed E-state index contributed by atoms with van der Waals surface area (Å²) in [6.45, 7) is 4.82. The number of carbonyl (C=O) groups excluding carboxylic acids is 3. The van der Waals surface area contributed by atoms with Crippen LogP contribution in [0.15, 0.2) is 18.2 Å². The van der Waals surface area contributed by atoms with Gasteiger partial charge in [-0.25, -0.2) is 0 Å². The summed E-state index contributed by atoms with van der Waals surface area (Å²) in [4.78, 5) is 43.5. The molecule has 14 nitrogen and oxygen atoms in total. The van der Waals surface area contributed by atoms with Crippen molar-refractivity contribution in [1.82, 2.24) is 10.2 Å². The Morgan fingerprint density at radius 1 is 1.12 bits per heavy atom. The number of hydrogen-bond acceptors (Lipinski definition) is 14. The molecule has 5 aliphatic rings. The van der Waals surface area contributed by atoms with Crippen LogP contribution in [-0.2, 0) is 34.9 Å². The third-order valence-electron chi connectivity index (χ3n) is 10.1. The summed E-state index contributed by atoms with van der Waals surface area (Å²) in [5, 5.41) is 38.3. The van der Waals surface area contributed by atoms with E-state index in [4.69, 9.17) is 28.4 Å². The molecular weight excluding hydrogens is 660 g/mol. The van der Waals surface area contributed by atoms with Crippen molar-refractivity contribution in [2.45, 2.75) is 81.9 Å². The molecule has 3 fully saturated rings. The first-order valence-corrected chi connectivity index (χ1v) is 17.5. The number of nitrogens with zero attached hydrogens (tertiary/aromatic N) is 1. The molecule has 0 saturated carbocycles. The Kier molecular flexibility index (Phi) is 9.15. The molecule has 264 valence electrons. The van der Waals surface area contributed by atoms with E-state index in [1.807, 2.05) is 13.8 Å². The molecule has 0 bridgehead atoms. The second kappa shape index (κ2) is 13.1. The molecule has 3 aliphatic heterocycles. The SMILES string of the molecule is CCSCNC(=O)[C@]1(O)Cc2c(O)c3c(c(O)c2[C@@H](O[C@H]2C[C@H]4[C@H](O[C@@H]5[C@@H](OC)OCCN54)[C@H](C)O2)C1)C(=O)c1c(OC)cccc1C3=O. The van der Waals surface area contributed by atoms with E-state index in [2.05, 4.69) is 10.2 Å². The molecular formula is C34H40N2O12S. The Labute approximate surface area is 286 Å². The second-order valence-corrected chi connectivity index (χ2v) is 14.1. The molecule has 2 aliphatic carbocycles. The predicted octanol–water partition coefficient (Wildman–Crippen LogP) is 1.98. The number of carbonyl (C=O) groups is 3. The Hall–Kier alpha value is -3.28. The van der Waals surface area contributed by atoms with Gasteiger partial charge >= 0.3 is 0 Å². The highest BCUT2D eigenvalue weighted by Crippen LogP contribution is 2.53. The topological polar surface area (TPSA) is 183 Å². The number of rotatable bonds is 8. The minimum atomic E-state index is -2.10. The number of ketones is 2. The van der Waals surface area contributed by atoms with Gasteiger partial charge < -0.3 is 49.1 Å². The van der Waals surface area contributed by atoms with Crippen LogP contribution in [0.1, 0.15) is 75.8 Å². The maximum Gasteiger partial charge on any atom is 0.253 e. The fraction of sp³-hybridized carbons (Fsp3) is 0.559. The lowest BCUT2D eigenvalue weighted by Crippen LogP contribution is -2.55. The molecule has 2 aromatic rings. The van der Waals surface area contributed by atoms with Gasteiger partial charge in [-0.3, -0.25) is 19.3 Å². The number of methoxy groups -OCH3 is 2. The van der Waals surface area contributed by atoms with Crippen molar-refractivity contribution in [3.8, 4) is 17.2 Å². The third kappa shape index (κ3) is 5.51. The van der Waals surface area contributed by atoms with E-state index < -0.39 is 83.1 Å². The highest BCUT2D eigenvalue weighted by molar-refractivity contribution is 7.99. The number of benzene rings is 2. The monoisotopic (exact) mass is 700 g/mol. The minimum Gasteiger partial charge on any atom is -0.507 e. The molecule has 0 aromatic heterocycles. The van der Waals surface area contributed by atoms with Crippen LogP contribution in [0, 0.1) is 0 Å². The second-order valence-electron chi connectivity index (χ2n) is 12.8. The van der Waals surface area contributed by atoms with E-state index in [1.54, 1.807) is 13.2 Å². The van der Waals surface area contributed by atoms with Crippen molar-refractivity contribution in [2.75, 3.05) is 39.0 Å². The standard InChI is InChI=1S/C34H40N2O12S/c1-5-49-14-35-33(41)34(42)12-17-23(29(40)25-24(27(17)38)26(37)16-7-6-8-19(43-3)22(16)28(25)39)20(13-34)47-21-11-18-30(15(2)46-21)48-31-32(44-4)45-10-9-36(18)31/h6-8,15,18,20-21,30-32,38,40,42H,5,9-14H2,1-4H3,(H,35,41)/t15-,18-,20-,21-,30+,31+,32-,34-/m0/s1. The Morgan fingerprint density at radius 3 is 2.63 bits per heavy atom. The summed E-state index contributed by atoms with van der Waals surface area (Å²) in [7, 11) is 2.92. The molecule has 8 atom stereocenters. The van der Waals surface area contributed by atoms with E-state index in [9.17, 15) is 29.7 Å². The number of ether oxygens (including phenoxy) is 6. The van der Waals surface area contributed by atoms with Gasteiger partial charge in [-0.05, 0) is 18.7 Å². The summed E-state index contributed by atoms with van der Waals surface area (Å²) in [6, 6.07) is 4.36. The Balaban J connectivity index is 1.29. The summed E-state index contributed by atoms with van der Waals surface area (Å²) < 4.78 is 35.7. The fourth-order valence-corrected chi connectivity index (χ4v) is 8.32. The number of phenols is 2. The lowest BCUT2D eigenvalue weighted by Gasteiger charge is -2.43. The van der Waals surface area contributed by atoms with Crippen LogP contribution in [0.5, 0.6) is 17.2 Å². The molecule has 0 unspecified atom stereocenters. The van der Waals surface area contributed by atoms with E-state index in [0.717, 1.165) is 5.75 Å². The van der Waals surface area contributed by atoms with Gasteiger partial charge in [0, 0.05) is 55.6 Å². The molecule has 3 saturated heterocycles. The first-order chi connectivity index (χ1) is 23.5. The normalized spacial score (nSPS) is 32.1. The molecule has 0 spiro atoms. The van der Waals surface area contributed by atoms with Crippen LogP contribution >= 0.6 is 11.8 Å². The van der Waals surface area contributed by atoms with Crippen molar-refractivity contribution in [3.63, 3.8) is 0 Å². The van der Waals surface area contributed by atoms with E-state index >= 15 is 0 Å². The lowest BCUT2D eigenvalue weighted by molar-refractivity contribution is -0.256. The molecule has 49 heavy (non-hydrogen) atoms. The Morgan fingerprint density at radius 2 is 1.90 bits per heavy atom. The summed E-state index contributed by atoms with van der Waals surface area (Å²) in [5.74, 6) is -2.21. The van der Waals surface area contributed by atoms with Gasteiger partial charge in [0.15, 0.2) is 24.6 Å². The average Bonchev–Trinajstić information content (AvgIpc) is 3.47. The Bertz CT molecular complexity index is 1690. The zero-order valence-electron chi connectivity index (χ0n) is 27.6. The maximum absolute atomic E-state index is 14.0. The number of nitrogens with one attached hydrogen (secondary N) is 1. The number of morpholine rings is 1. The smallest absolute Gasteiger partial charge is 0.253 e. The minimum absolute atomic E-state index is 0.000834. The van der Waals surface area contributed by atoms with Gasteiger partial charge in [0.05, 0.1) is 48.5 Å². The quantitative estimate of drug-likeness (QED) is 0.152. The maximum atomic E-state index is 14.0. The van der Waals surface area contributed by atoms with Gasteiger partial charge in [0.25, 0.3) is 5.91 Å². The molecule has 0 radical (unpaired) electrons. The van der Waals surface area contributed by atoms with Crippen molar-refractivity contribution in [1.29, 1.82) is 0 Å². The fourth-order valence-electron chi connectivity index (χ4n) is 7.89. The molecule has 2 aromatic carbocycles. The highest BCUT2D eigenvalue weighted by Gasteiger charge is 2.55. The number of aromatic hydroxyl groups is 2. The van der Waals surface area contributed by atoms with Gasteiger partial charge in [-0.15, -0.1) is 11.8 Å². The van der Waals surface area contributed by atoms with Gasteiger partial charge in [-0.2, -0.15) is 0 Å². The van der Waals surface area contributed by atoms with Crippen molar-refractivity contribution < 1.29 is 58.1 Å². The van der Waals surface area contributed by atoms with Crippen LogP contribution in [-0.4, -0.2) is 119 Å². The van der Waals surface area contributed by atoms with Crippen LogP contribution in [0.2, 0.25) is 0 Å². The zero-order chi connectivity index (χ0) is 34.8. The summed E-state index contributed by atoms with van der Waals surface area (Å²) in [6.07, 6.45) is -4.38. The molecule has 15 heteroatoms. The largest absolute Gasteiger partial charge is 0.507 e. The van der Waals surface area contributed by atoms with Crippen LogP contribution in [0.25, 0.3) is 0 Å². The van der Waals surface area contributed by atoms with Gasteiger partial charge in [-0.1, -0.05) is 19.1 Å². The average molecular weight is 701 g/mol. The van der Waals surface area contributed by atoms with Gasteiger partial charge in [0.2, 0.25) is 5.78 Å². The number of phenolic OH excluding ortho intramolecular Hbond substituents is 2. The van der Waals surface area contributed by atoms with Crippen LogP contribution in [0.4, 0.5) is 0 Å². The van der Waals surface area contributed by atoms with Gasteiger partial charge in [0.1, 0.15) is 29.0 Å².